The first-order valence-electron chi connectivity index (χ1n) is 6.49. The van der Waals surface area contributed by atoms with E-state index >= 15 is 0 Å². The van der Waals surface area contributed by atoms with Gasteiger partial charge in [-0.15, -0.1) is 0 Å². The molecule has 1 fully saturated rings. The smallest absolute Gasteiger partial charge is 0.410 e. The number of nitrogens with zero attached hydrogens (tertiary/aromatic N) is 2. The molecule has 5 heteroatoms. The number of hydrogen-bond donors (Lipinski definition) is 1. The summed E-state index contributed by atoms with van der Waals surface area (Å²) in [6, 6.07) is 3.54. The molecular formula is C14H20N2O3. The highest BCUT2D eigenvalue weighted by molar-refractivity contribution is 5.69. The first-order valence-corrected chi connectivity index (χ1v) is 6.49. The summed E-state index contributed by atoms with van der Waals surface area (Å²) in [4.78, 5) is 18.0. The second-order valence-electron chi connectivity index (χ2n) is 5.85. The van der Waals surface area contributed by atoms with E-state index in [1.807, 2.05) is 20.8 Å². The van der Waals surface area contributed by atoms with Crippen molar-refractivity contribution in [3.05, 3.63) is 24.0 Å². The summed E-state index contributed by atoms with van der Waals surface area (Å²) in [5.74, 6) is 0.124. The van der Waals surface area contributed by atoms with Crippen LogP contribution in [0.25, 0.3) is 0 Å². The number of ether oxygens (including phenoxy) is 1. The molecule has 0 aromatic carbocycles. The van der Waals surface area contributed by atoms with Crippen LogP contribution < -0.4 is 0 Å². The van der Waals surface area contributed by atoms with Gasteiger partial charge in [-0.25, -0.2) is 4.79 Å². The van der Waals surface area contributed by atoms with Crippen LogP contribution >= 0.6 is 0 Å². The largest absolute Gasteiger partial charge is 0.506 e. The lowest BCUT2D eigenvalue weighted by atomic mass is 10.2. The van der Waals surface area contributed by atoms with Gasteiger partial charge in [0.15, 0.2) is 0 Å². The number of carbonyl (C=O) groups excluding carboxylic acids is 1. The molecule has 1 N–H and O–H groups in total. The van der Waals surface area contributed by atoms with Crippen molar-refractivity contribution in [2.24, 2.45) is 0 Å². The van der Waals surface area contributed by atoms with Crippen LogP contribution in [0, 0.1) is 0 Å². The van der Waals surface area contributed by atoms with Crippen LogP contribution in [-0.2, 0) is 11.3 Å². The van der Waals surface area contributed by atoms with E-state index in [1.165, 1.54) is 6.20 Å². The van der Waals surface area contributed by atoms with E-state index in [9.17, 15) is 9.90 Å². The Hall–Kier alpha value is -1.78. The fourth-order valence-electron chi connectivity index (χ4n) is 1.73. The molecule has 1 aliphatic rings. The lowest BCUT2D eigenvalue weighted by molar-refractivity contribution is 0.0214. The Balaban J connectivity index is 2.04. The van der Waals surface area contributed by atoms with Gasteiger partial charge in [-0.1, -0.05) is 0 Å². The van der Waals surface area contributed by atoms with Crippen LogP contribution in [-0.4, -0.2) is 32.7 Å². The zero-order valence-electron chi connectivity index (χ0n) is 11.6. The highest BCUT2D eigenvalue weighted by atomic mass is 16.6. The van der Waals surface area contributed by atoms with Crippen LogP contribution in [0.5, 0.6) is 5.75 Å². The summed E-state index contributed by atoms with van der Waals surface area (Å²) in [6.07, 6.45) is 3.11. The first-order chi connectivity index (χ1) is 8.85. The van der Waals surface area contributed by atoms with Crippen molar-refractivity contribution in [3.8, 4) is 5.75 Å². The van der Waals surface area contributed by atoms with Crippen molar-refractivity contribution in [3.63, 3.8) is 0 Å². The molecule has 1 aromatic rings. The number of amides is 1. The summed E-state index contributed by atoms with van der Waals surface area (Å²) >= 11 is 0. The minimum absolute atomic E-state index is 0.124. The van der Waals surface area contributed by atoms with E-state index in [1.54, 1.807) is 17.0 Å². The highest BCUT2D eigenvalue weighted by Crippen LogP contribution is 2.29. The molecule has 1 heterocycles. The van der Waals surface area contributed by atoms with E-state index in [4.69, 9.17) is 4.74 Å². The van der Waals surface area contributed by atoms with Gasteiger partial charge in [-0.05, 0) is 45.7 Å². The molecule has 19 heavy (non-hydrogen) atoms. The number of aromatic nitrogens is 1. The lowest BCUT2D eigenvalue weighted by Gasteiger charge is -2.27. The second-order valence-corrected chi connectivity index (χ2v) is 5.85. The number of hydrogen-bond acceptors (Lipinski definition) is 4. The minimum atomic E-state index is -0.493. The molecule has 0 unspecified atom stereocenters. The van der Waals surface area contributed by atoms with Crippen LogP contribution in [0.3, 0.4) is 0 Å². The van der Waals surface area contributed by atoms with Gasteiger partial charge in [-0.2, -0.15) is 0 Å². The van der Waals surface area contributed by atoms with Crippen LogP contribution in [0.15, 0.2) is 18.3 Å². The van der Waals surface area contributed by atoms with Gasteiger partial charge in [0.1, 0.15) is 11.4 Å². The van der Waals surface area contributed by atoms with Crippen molar-refractivity contribution < 1.29 is 14.6 Å². The van der Waals surface area contributed by atoms with E-state index < -0.39 is 5.60 Å². The normalized spacial score (nSPS) is 15.1. The Kier molecular flexibility index (Phi) is 3.64. The number of aromatic hydroxyl groups is 1. The third-order valence-corrected chi connectivity index (χ3v) is 2.76. The minimum Gasteiger partial charge on any atom is -0.506 e. The molecular weight excluding hydrogens is 244 g/mol. The summed E-state index contributed by atoms with van der Waals surface area (Å²) < 4.78 is 5.41. The van der Waals surface area contributed by atoms with E-state index in [0.717, 1.165) is 18.5 Å². The summed E-state index contributed by atoms with van der Waals surface area (Å²) in [6.45, 7) is 5.98. The Bertz CT molecular complexity index is 447. The predicted octanol–water partition coefficient (Wildman–Crippen LogP) is 2.69. The summed E-state index contributed by atoms with van der Waals surface area (Å²) in [5, 5.41) is 9.21. The third kappa shape index (κ3) is 4.12. The maximum atomic E-state index is 12.1. The van der Waals surface area contributed by atoms with Gasteiger partial charge in [0, 0.05) is 6.04 Å². The molecule has 2 rings (SSSR count). The molecule has 0 atom stereocenters. The zero-order valence-corrected chi connectivity index (χ0v) is 11.6. The van der Waals surface area contributed by atoms with E-state index in [2.05, 4.69) is 4.98 Å². The Morgan fingerprint density at radius 3 is 2.63 bits per heavy atom. The first kappa shape index (κ1) is 13.6. The maximum absolute atomic E-state index is 12.1. The van der Waals surface area contributed by atoms with Gasteiger partial charge in [0.05, 0.1) is 18.4 Å². The topological polar surface area (TPSA) is 62.7 Å². The van der Waals surface area contributed by atoms with Gasteiger partial charge in [0.2, 0.25) is 0 Å². The number of rotatable bonds is 3. The van der Waals surface area contributed by atoms with Crippen LogP contribution in [0.1, 0.15) is 39.3 Å². The van der Waals surface area contributed by atoms with Gasteiger partial charge in [0.25, 0.3) is 0 Å². The molecule has 1 saturated carbocycles. The second kappa shape index (κ2) is 5.07. The van der Waals surface area contributed by atoms with E-state index in [0.29, 0.717) is 6.54 Å². The van der Waals surface area contributed by atoms with Crippen LogP contribution in [0.4, 0.5) is 4.79 Å². The molecule has 104 valence electrons. The molecule has 1 aromatic heterocycles. The monoisotopic (exact) mass is 264 g/mol. The average Bonchev–Trinajstić information content (AvgIpc) is 3.09. The molecule has 0 radical (unpaired) electrons. The van der Waals surface area contributed by atoms with Crippen molar-refractivity contribution in [1.82, 2.24) is 9.88 Å². The maximum Gasteiger partial charge on any atom is 0.410 e. The van der Waals surface area contributed by atoms with Crippen molar-refractivity contribution in [2.45, 2.75) is 51.8 Å². The molecule has 1 aliphatic carbocycles. The van der Waals surface area contributed by atoms with Crippen molar-refractivity contribution in [2.75, 3.05) is 0 Å². The molecule has 0 bridgehead atoms. The average molecular weight is 264 g/mol. The van der Waals surface area contributed by atoms with E-state index in [-0.39, 0.29) is 17.9 Å². The summed E-state index contributed by atoms with van der Waals surface area (Å²) in [5.41, 5.74) is 0.252. The van der Waals surface area contributed by atoms with Gasteiger partial charge >= 0.3 is 6.09 Å². The molecule has 0 aliphatic heterocycles. The SMILES string of the molecule is CC(C)(C)OC(=O)N(Cc1ccc(O)cn1)C1CC1. The molecule has 0 spiro atoms. The Morgan fingerprint density at radius 2 is 2.16 bits per heavy atom. The molecule has 1 amide bonds. The highest BCUT2D eigenvalue weighted by Gasteiger charge is 2.35. The van der Waals surface area contributed by atoms with Crippen molar-refractivity contribution in [1.29, 1.82) is 0 Å². The van der Waals surface area contributed by atoms with Gasteiger partial charge in [-0.3, -0.25) is 9.88 Å². The fourth-order valence-corrected chi connectivity index (χ4v) is 1.73. The van der Waals surface area contributed by atoms with Crippen LogP contribution in [0.2, 0.25) is 0 Å². The van der Waals surface area contributed by atoms with Crippen molar-refractivity contribution >= 4 is 6.09 Å². The third-order valence-electron chi connectivity index (χ3n) is 2.76. The number of pyridine rings is 1. The number of carbonyl (C=O) groups is 1. The zero-order chi connectivity index (χ0) is 14.0. The molecule has 0 saturated heterocycles. The standard InChI is InChI=1S/C14H20N2O3/c1-14(2,3)19-13(18)16(11-5-6-11)9-10-4-7-12(17)8-15-10/h4,7-8,11,17H,5-6,9H2,1-3H3. The summed E-state index contributed by atoms with van der Waals surface area (Å²) in [7, 11) is 0. The Morgan fingerprint density at radius 1 is 1.47 bits per heavy atom. The molecule has 5 nitrogen and oxygen atoms in total. The lowest BCUT2D eigenvalue weighted by Crippen LogP contribution is -2.38. The fraction of sp³-hybridized carbons (Fsp3) is 0.571. The quantitative estimate of drug-likeness (QED) is 0.911. The predicted molar refractivity (Wildman–Crippen MR) is 70.7 cm³/mol. The Labute approximate surface area is 113 Å². The van der Waals surface area contributed by atoms with Gasteiger partial charge < -0.3 is 9.84 Å².